The fraction of sp³-hybridized carbons (Fsp3) is 0.400. The molecule has 0 bridgehead atoms. The summed E-state index contributed by atoms with van der Waals surface area (Å²) >= 11 is 0. The van der Waals surface area contributed by atoms with Crippen LogP contribution in [0.3, 0.4) is 0 Å². The van der Waals surface area contributed by atoms with Crippen molar-refractivity contribution in [1.29, 1.82) is 0 Å². The van der Waals surface area contributed by atoms with Crippen molar-refractivity contribution in [3.63, 3.8) is 0 Å². The zero-order valence-electron chi connectivity index (χ0n) is 12.7. The molecule has 3 aromatic rings. The quantitative estimate of drug-likeness (QED) is 0.740. The molecule has 0 radical (unpaired) electrons. The Labute approximate surface area is 126 Å². The molecule has 0 aliphatic heterocycles. The van der Waals surface area contributed by atoms with Crippen LogP contribution in [0.2, 0.25) is 0 Å². The van der Waals surface area contributed by atoms with Crippen molar-refractivity contribution in [1.82, 2.24) is 24.5 Å². The first-order valence-electron chi connectivity index (χ1n) is 7.24. The van der Waals surface area contributed by atoms with Gasteiger partial charge in [-0.2, -0.15) is 10.2 Å². The van der Waals surface area contributed by atoms with Crippen LogP contribution >= 0.6 is 0 Å². The van der Waals surface area contributed by atoms with Crippen molar-refractivity contribution in [2.45, 2.75) is 40.3 Å². The van der Waals surface area contributed by atoms with Gasteiger partial charge in [-0.1, -0.05) is 0 Å². The van der Waals surface area contributed by atoms with Crippen LogP contribution in [0.15, 0.2) is 18.5 Å². The van der Waals surface area contributed by atoms with Gasteiger partial charge in [-0.15, -0.1) is 0 Å². The molecule has 3 heterocycles. The maximum absolute atomic E-state index is 13.5. The van der Waals surface area contributed by atoms with Gasteiger partial charge in [0.2, 0.25) is 0 Å². The molecule has 116 valence electrons. The molecule has 7 heteroatoms. The normalized spacial score (nSPS) is 11.7. The number of nitrogens with zero attached hydrogens (tertiary/aromatic N) is 5. The fourth-order valence-electron chi connectivity index (χ4n) is 2.60. The molecule has 22 heavy (non-hydrogen) atoms. The minimum absolute atomic E-state index is 0.0264. The molecule has 3 rings (SSSR count). The molecular weight excluding hydrogens is 288 g/mol. The van der Waals surface area contributed by atoms with Crippen LogP contribution < -0.4 is 0 Å². The lowest BCUT2D eigenvalue weighted by atomic mass is 10.1. The van der Waals surface area contributed by atoms with Crippen molar-refractivity contribution in [2.75, 3.05) is 0 Å². The molecule has 0 atom stereocenters. The van der Waals surface area contributed by atoms with E-state index in [1.54, 1.807) is 22.5 Å². The third-order valence-electron chi connectivity index (χ3n) is 3.70. The average Bonchev–Trinajstić information content (AvgIpc) is 3.11. The van der Waals surface area contributed by atoms with Crippen LogP contribution in [0.5, 0.6) is 0 Å². The summed E-state index contributed by atoms with van der Waals surface area (Å²) in [4.78, 5) is 4.54. The number of halogens is 2. The number of aromatic nitrogens is 5. The van der Waals surface area contributed by atoms with Gasteiger partial charge in [0, 0.05) is 30.4 Å². The van der Waals surface area contributed by atoms with Gasteiger partial charge in [0.1, 0.15) is 0 Å². The van der Waals surface area contributed by atoms with Gasteiger partial charge in [0.25, 0.3) is 6.43 Å². The van der Waals surface area contributed by atoms with Crippen LogP contribution in [0.1, 0.15) is 31.5 Å². The van der Waals surface area contributed by atoms with E-state index < -0.39 is 6.43 Å². The highest BCUT2D eigenvalue weighted by Crippen LogP contribution is 2.32. The van der Waals surface area contributed by atoms with E-state index in [-0.39, 0.29) is 5.56 Å². The topological polar surface area (TPSA) is 48.5 Å². The van der Waals surface area contributed by atoms with E-state index >= 15 is 0 Å². The lowest BCUT2D eigenvalue weighted by Crippen LogP contribution is -1.99. The third kappa shape index (κ3) is 2.26. The van der Waals surface area contributed by atoms with Gasteiger partial charge in [-0.3, -0.25) is 4.68 Å². The Balaban J connectivity index is 2.28. The Bertz CT molecular complexity index is 819. The zero-order valence-corrected chi connectivity index (χ0v) is 12.7. The summed E-state index contributed by atoms with van der Waals surface area (Å²) in [6.45, 7) is 6.91. The Morgan fingerprint density at radius 3 is 2.59 bits per heavy atom. The van der Waals surface area contributed by atoms with Gasteiger partial charge >= 0.3 is 0 Å². The number of rotatable bonds is 4. The first-order chi connectivity index (χ1) is 10.5. The predicted molar refractivity (Wildman–Crippen MR) is 79.8 cm³/mol. The van der Waals surface area contributed by atoms with Crippen molar-refractivity contribution in [2.24, 2.45) is 0 Å². The standard InChI is InChI=1S/C15H17F2N5/c1-4-21-8-10(7-18-21)12-6-11(14(16)17)13-9(3)20-22(5-2)15(13)19-12/h6-8,14H,4-5H2,1-3H3. The Kier molecular flexibility index (Phi) is 3.64. The van der Waals surface area contributed by atoms with E-state index in [1.807, 2.05) is 20.0 Å². The number of aryl methyl sites for hydroxylation is 3. The van der Waals surface area contributed by atoms with E-state index in [9.17, 15) is 8.78 Å². The molecule has 0 aliphatic rings. The van der Waals surface area contributed by atoms with Crippen molar-refractivity contribution >= 4 is 11.0 Å². The smallest absolute Gasteiger partial charge is 0.264 e. The summed E-state index contributed by atoms with van der Waals surface area (Å²) in [7, 11) is 0. The average molecular weight is 305 g/mol. The molecule has 0 unspecified atom stereocenters. The molecule has 0 aromatic carbocycles. The van der Waals surface area contributed by atoms with Gasteiger partial charge in [-0.25, -0.2) is 18.4 Å². The molecular formula is C15H17F2N5. The lowest BCUT2D eigenvalue weighted by molar-refractivity contribution is 0.153. The van der Waals surface area contributed by atoms with E-state index in [0.29, 0.717) is 29.0 Å². The van der Waals surface area contributed by atoms with Gasteiger partial charge < -0.3 is 0 Å². The second kappa shape index (κ2) is 5.47. The van der Waals surface area contributed by atoms with Crippen molar-refractivity contribution in [3.05, 3.63) is 29.7 Å². The summed E-state index contributed by atoms with van der Waals surface area (Å²) < 4.78 is 30.3. The summed E-state index contributed by atoms with van der Waals surface area (Å²) in [5.41, 5.74) is 2.28. The van der Waals surface area contributed by atoms with Crippen LogP contribution in [0.4, 0.5) is 8.78 Å². The maximum atomic E-state index is 13.5. The summed E-state index contributed by atoms with van der Waals surface area (Å²) in [6, 6.07) is 1.44. The minimum atomic E-state index is -2.57. The SMILES string of the molecule is CCn1cc(-c2cc(C(F)F)c3c(C)nn(CC)c3n2)cn1. The highest BCUT2D eigenvalue weighted by molar-refractivity contribution is 5.85. The number of fused-ring (bicyclic) bond motifs is 1. The first-order valence-corrected chi connectivity index (χ1v) is 7.24. The summed E-state index contributed by atoms with van der Waals surface area (Å²) in [5.74, 6) is 0. The summed E-state index contributed by atoms with van der Waals surface area (Å²) in [6.07, 6.45) is 0.883. The number of pyridine rings is 1. The monoisotopic (exact) mass is 305 g/mol. The third-order valence-corrected chi connectivity index (χ3v) is 3.70. The van der Waals surface area contributed by atoms with E-state index in [4.69, 9.17) is 0 Å². The van der Waals surface area contributed by atoms with Gasteiger partial charge in [0.05, 0.1) is 23.0 Å². The number of hydrogen-bond donors (Lipinski definition) is 0. The highest BCUT2D eigenvalue weighted by Gasteiger charge is 2.21. The second-order valence-corrected chi connectivity index (χ2v) is 5.08. The molecule has 3 aromatic heterocycles. The largest absolute Gasteiger partial charge is 0.272 e. The summed E-state index contributed by atoms with van der Waals surface area (Å²) in [5, 5.41) is 8.94. The van der Waals surface area contributed by atoms with Crippen molar-refractivity contribution in [3.8, 4) is 11.3 Å². The van der Waals surface area contributed by atoms with Crippen molar-refractivity contribution < 1.29 is 8.78 Å². The van der Waals surface area contributed by atoms with Gasteiger partial charge in [-0.05, 0) is 26.8 Å². The molecule has 0 saturated carbocycles. The molecule has 0 fully saturated rings. The molecule has 0 amide bonds. The molecule has 5 nitrogen and oxygen atoms in total. The maximum Gasteiger partial charge on any atom is 0.264 e. The van der Waals surface area contributed by atoms with Crippen LogP contribution in [0.25, 0.3) is 22.3 Å². The van der Waals surface area contributed by atoms with Crippen LogP contribution in [-0.4, -0.2) is 24.5 Å². The van der Waals surface area contributed by atoms with E-state index in [2.05, 4.69) is 15.2 Å². The first kappa shape index (κ1) is 14.6. The van der Waals surface area contributed by atoms with Gasteiger partial charge in [0.15, 0.2) is 5.65 Å². The molecule has 0 aliphatic carbocycles. The second-order valence-electron chi connectivity index (χ2n) is 5.08. The minimum Gasteiger partial charge on any atom is -0.272 e. The molecule has 0 spiro atoms. The Morgan fingerprint density at radius 1 is 1.23 bits per heavy atom. The predicted octanol–water partition coefficient (Wildman–Crippen LogP) is 3.58. The van der Waals surface area contributed by atoms with E-state index in [1.165, 1.54) is 6.07 Å². The van der Waals surface area contributed by atoms with Crippen LogP contribution in [0, 0.1) is 6.92 Å². The Hall–Kier alpha value is -2.31. The number of hydrogen-bond acceptors (Lipinski definition) is 3. The van der Waals surface area contributed by atoms with Crippen LogP contribution in [-0.2, 0) is 13.1 Å². The highest BCUT2D eigenvalue weighted by atomic mass is 19.3. The molecule has 0 N–H and O–H groups in total. The number of alkyl halides is 2. The Morgan fingerprint density at radius 2 is 2.00 bits per heavy atom. The zero-order chi connectivity index (χ0) is 15.9. The molecule has 0 saturated heterocycles. The van der Waals surface area contributed by atoms with E-state index in [0.717, 1.165) is 12.1 Å². The fourth-order valence-corrected chi connectivity index (χ4v) is 2.60. The lowest BCUT2D eigenvalue weighted by Gasteiger charge is -2.06.